The number of carbonyl (C=O) groups excluding carboxylic acids is 1. The van der Waals surface area contributed by atoms with Crippen LogP contribution < -0.4 is 0 Å². The van der Waals surface area contributed by atoms with Crippen molar-refractivity contribution in [1.82, 2.24) is 4.90 Å². The van der Waals surface area contributed by atoms with E-state index in [0.717, 1.165) is 19.4 Å². The lowest BCUT2D eigenvalue weighted by atomic mass is 10.3. The Morgan fingerprint density at radius 3 is 2.40 bits per heavy atom. The molecule has 1 saturated heterocycles. The molecule has 2 heteroatoms. The van der Waals surface area contributed by atoms with Crippen molar-refractivity contribution in [3.63, 3.8) is 0 Å². The number of hydrogen-bond donors (Lipinski definition) is 0. The van der Waals surface area contributed by atoms with E-state index in [4.69, 9.17) is 0 Å². The van der Waals surface area contributed by atoms with Crippen molar-refractivity contribution in [2.45, 2.75) is 18.9 Å². The molecule has 0 amide bonds. The van der Waals surface area contributed by atoms with Gasteiger partial charge in [-0.2, -0.15) is 0 Å². The van der Waals surface area contributed by atoms with Crippen LogP contribution in [0.3, 0.4) is 0 Å². The van der Waals surface area contributed by atoms with Crippen molar-refractivity contribution in [3.05, 3.63) is 12.7 Å². The third-order valence-corrected chi connectivity index (χ3v) is 1.94. The van der Waals surface area contributed by atoms with E-state index in [1.54, 1.807) is 6.08 Å². The molecule has 1 heterocycles. The highest BCUT2D eigenvalue weighted by atomic mass is 16.1. The van der Waals surface area contributed by atoms with Crippen molar-refractivity contribution < 1.29 is 4.79 Å². The Hall–Kier alpha value is -0.630. The van der Waals surface area contributed by atoms with Crippen LogP contribution in [-0.4, -0.2) is 30.3 Å². The van der Waals surface area contributed by atoms with Crippen molar-refractivity contribution >= 4 is 6.29 Å². The minimum absolute atomic E-state index is 0.0394. The van der Waals surface area contributed by atoms with Crippen LogP contribution in [0.1, 0.15) is 12.8 Å². The summed E-state index contributed by atoms with van der Waals surface area (Å²) >= 11 is 0. The molecule has 1 unspecified atom stereocenters. The van der Waals surface area contributed by atoms with Crippen LogP contribution >= 0.6 is 0 Å². The zero-order chi connectivity index (χ0) is 7.40. The maximum Gasteiger partial charge on any atom is 0.141 e. The van der Waals surface area contributed by atoms with Gasteiger partial charge in [-0.3, -0.25) is 4.90 Å². The van der Waals surface area contributed by atoms with Crippen LogP contribution in [0, 0.1) is 0 Å². The van der Waals surface area contributed by atoms with Crippen molar-refractivity contribution in [2.75, 3.05) is 13.1 Å². The van der Waals surface area contributed by atoms with Gasteiger partial charge in [0.05, 0.1) is 6.04 Å². The van der Waals surface area contributed by atoms with Crippen LogP contribution in [0.2, 0.25) is 0 Å². The molecule has 2 nitrogen and oxygen atoms in total. The summed E-state index contributed by atoms with van der Waals surface area (Å²) in [5.41, 5.74) is 0. The molecule has 1 aliphatic heterocycles. The highest BCUT2D eigenvalue weighted by Crippen LogP contribution is 2.10. The van der Waals surface area contributed by atoms with Crippen molar-refractivity contribution in [3.8, 4) is 0 Å². The first-order valence-electron chi connectivity index (χ1n) is 3.70. The van der Waals surface area contributed by atoms with Crippen LogP contribution in [0.15, 0.2) is 12.7 Å². The third-order valence-electron chi connectivity index (χ3n) is 1.94. The van der Waals surface area contributed by atoms with E-state index in [0.29, 0.717) is 0 Å². The molecule has 0 saturated carbocycles. The van der Waals surface area contributed by atoms with Crippen LogP contribution in [-0.2, 0) is 4.79 Å². The van der Waals surface area contributed by atoms with E-state index < -0.39 is 0 Å². The zero-order valence-electron chi connectivity index (χ0n) is 6.12. The molecule has 0 aromatic rings. The molecule has 0 spiro atoms. The van der Waals surface area contributed by atoms with Gasteiger partial charge in [-0.05, 0) is 25.9 Å². The van der Waals surface area contributed by atoms with Gasteiger partial charge in [0.15, 0.2) is 0 Å². The number of hydrogen-bond acceptors (Lipinski definition) is 2. The lowest BCUT2D eigenvalue weighted by Crippen LogP contribution is -2.31. The molecule has 0 bridgehead atoms. The first-order valence-corrected chi connectivity index (χ1v) is 3.70. The SMILES string of the molecule is C=CC(C=O)N1CCCC1. The smallest absolute Gasteiger partial charge is 0.141 e. The summed E-state index contributed by atoms with van der Waals surface area (Å²) in [4.78, 5) is 12.6. The van der Waals surface area contributed by atoms with Gasteiger partial charge < -0.3 is 4.79 Å². The minimum atomic E-state index is -0.0394. The summed E-state index contributed by atoms with van der Waals surface area (Å²) in [6, 6.07) is -0.0394. The van der Waals surface area contributed by atoms with E-state index in [2.05, 4.69) is 11.5 Å². The Morgan fingerprint density at radius 1 is 1.40 bits per heavy atom. The Balaban J connectivity index is 2.43. The topological polar surface area (TPSA) is 20.3 Å². The highest BCUT2D eigenvalue weighted by molar-refractivity contribution is 5.60. The standard InChI is InChI=1S/C8H13NO/c1-2-8(7-10)9-5-3-4-6-9/h2,7-8H,1,3-6H2. The fourth-order valence-corrected chi connectivity index (χ4v) is 1.33. The van der Waals surface area contributed by atoms with Gasteiger partial charge in [0, 0.05) is 0 Å². The third kappa shape index (κ3) is 1.45. The Labute approximate surface area is 61.5 Å². The second-order valence-corrected chi connectivity index (χ2v) is 2.61. The molecule has 1 rings (SSSR count). The summed E-state index contributed by atoms with van der Waals surface area (Å²) in [7, 11) is 0. The molecule has 1 fully saturated rings. The predicted molar refractivity (Wildman–Crippen MR) is 40.9 cm³/mol. The number of aldehydes is 1. The van der Waals surface area contributed by atoms with E-state index in [1.807, 2.05) is 0 Å². The summed E-state index contributed by atoms with van der Waals surface area (Å²) in [6.07, 6.45) is 5.10. The quantitative estimate of drug-likeness (QED) is 0.426. The van der Waals surface area contributed by atoms with Crippen molar-refractivity contribution in [2.24, 2.45) is 0 Å². The van der Waals surface area contributed by atoms with Gasteiger partial charge in [0.25, 0.3) is 0 Å². The molecular formula is C8H13NO. The number of nitrogens with zero attached hydrogens (tertiary/aromatic N) is 1. The summed E-state index contributed by atoms with van der Waals surface area (Å²) < 4.78 is 0. The monoisotopic (exact) mass is 139 g/mol. The highest BCUT2D eigenvalue weighted by Gasteiger charge is 2.17. The Bertz CT molecular complexity index is 119. The normalized spacial score (nSPS) is 22.4. The van der Waals surface area contributed by atoms with E-state index in [-0.39, 0.29) is 6.04 Å². The molecule has 1 atom stereocenters. The predicted octanol–water partition coefficient (Wildman–Crippen LogP) is 0.836. The number of rotatable bonds is 3. The van der Waals surface area contributed by atoms with Gasteiger partial charge in [0.2, 0.25) is 0 Å². The lowest BCUT2D eigenvalue weighted by molar-refractivity contribution is -0.110. The number of likely N-dealkylation sites (tertiary alicyclic amines) is 1. The molecule has 10 heavy (non-hydrogen) atoms. The summed E-state index contributed by atoms with van der Waals surface area (Å²) in [5, 5.41) is 0. The first kappa shape index (κ1) is 7.48. The maximum absolute atomic E-state index is 10.4. The van der Waals surface area contributed by atoms with Gasteiger partial charge in [0.1, 0.15) is 6.29 Å². The fraction of sp³-hybridized carbons (Fsp3) is 0.625. The second kappa shape index (κ2) is 3.52. The van der Waals surface area contributed by atoms with Gasteiger partial charge >= 0.3 is 0 Å². The summed E-state index contributed by atoms with van der Waals surface area (Å²) in [5.74, 6) is 0. The van der Waals surface area contributed by atoms with E-state index in [9.17, 15) is 4.79 Å². The van der Waals surface area contributed by atoms with Gasteiger partial charge in [-0.15, -0.1) is 6.58 Å². The molecule has 0 aromatic heterocycles. The maximum atomic E-state index is 10.4. The zero-order valence-corrected chi connectivity index (χ0v) is 6.12. The average Bonchev–Trinajstić information content (AvgIpc) is 2.43. The van der Waals surface area contributed by atoms with Crippen LogP contribution in [0.25, 0.3) is 0 Å². The molecular weight excluding hydrogens is 126 g/mol. The molecule has 56 valence electrons. The second-order valence-electron chi connectivity index (χ2n) is 2.61. The minimum Gasteiger partial charge on any atom is -0.301 e. The molecule has 0 radical (unpaired) electrons. The average molecular weight is 139 g/mol. The van der Waals surface area contributed by atoms with Crippen molar-refractivity contribution in [1.29, 1.82) is 0 Å². The van der Waals surface area contributed by atoms with Crippen LogP contribution in [0.4, 0.5) is 0 Å². The fourth-order valence-electron chi connectivity index (χ4n) is 1.33. The largest absolute Gasteiger partial charge is 0.301 e. The molecule has 1 aliphatic rings. The molecule has 0 N–H and O–H groups in total. The van der Waals surface area contributed by atoms with Gasteiger partial charge in [-0.25, -0.2) is 0 Å². The lowest BCUT2D eigenvalue weighted by Gasteiger charge is -2.18. The molecule has 0 aliphatic carbocycles. The van der Waals surface area contributed by atoms with Gasteiger partial charge in [-0.1, -0.05) is 6.08 Å². The Morgan fingerprint density at radius 2 is 2.00 bits per heavy atom. The first-order chi connectivity index (χ1) is 4.88. The molecule has 0 aromatic carbocycles. The van der Waals surface area contributed by atoms with E-state index in [1.165, 1.54) is 12.8 Å². The Kier molecular flexibility index (Phi) is 2.63. The van der Waals surface area contributed by atoms with Crippen LogP contribution in [0.5, 0.6) is 0 Å². The van der Waals surface area contributed by atoms with E-state index >= 15 is 0 Å². The summed E-state index contributed by atoms with van der Waals surface area (Å²) in [6.45, 7) is 5.71. The number of carbonyl (C=O) groups is 1.